The average molecular weight is 242 g/mol. The van der Waals surface area contributed by atoms with E-state index >= 15 is 0 Å². The number of hydrogen-bond acceptors (Lipinski definition) is 1. The molecule has 0 bridgehead atoms. The van der Waals surface area contributed by atoms with Crippen LogP contribution in [0.15, 0.2) is 0 Å². The van der Waals surface area contributed by atoms with Crippen LogP contribution in [0.25, 0.3) is 0 Å². The van der Waals surface area contributed by atoms with Gasteiger partial charge in [-0.15, -0.1) is 0 Å². The molecule has 0 aromatic carbocycles. The van der Waals surface area contributed by atoms with Crippen LogP contribution < -0.4 is 0 Å². The summed E-state index contributed by atoms with van der Waals surface area (Å²) in [5.41, 5.74) is 0. The van der Waals surface area contributed by atoms with E-state index in [1.165, 1.54) is 23.0 Å². The van der Waals surface area contributed by atoms with Crippen molar-refractivity contribution in [3.8, 4) is 0 Å². The predicted molar refractivity (Wildman–Crippen MR) is 63.9 cm³/mol. The van der Waals surface area contributed by atoms with Gasteiger partial charge in [-0.25, -0.2) is 0 Å². The van der Waals surface area contributed by atoms with Crippen LogP contribution in [-0.2, 0) is 0 Å². The van der Waals surface area contributed by atoms with Crippen molar-refractivity contribution < 1.29 is 0 Å². The normalized spacial score (nSPS) is 13.4. The summed E-state index contributed by atoms with van der Waals surface area (Å²) in [4.78, 5) is 7.09. The van der Waals surface area contributed by atoms with Gasteiger partial charge in [0, 0.05) is 0 Å². The second-order valence-corrected chi connectivity index (χ2v) is 12.4. The van der Waals surface area contributed by atoms with Gasteiger partial charge in [0.1, 0.15) is 0 Å². The van der Waals surface area contributed by atoms with Crippen molar-refractivity contribution >= 4 is 16.2 Å². The van der Waals surface area contributed by atoms with Gasteiger partial charge in [-0.3, -0.25) is 0 Å². The minimum absolute atomic E-state index is 0.799. The van der Waals surface area contributed by atoms with E-state index in [4.69, 9.17) is 0 Å². The third-order valence-electron chi connectivity index (χ3n) is 3.05. The summed E-state index contributed by atoms with van der Waals surface area (Å²) in [5.74, 6) is 0.940. The Morgan fingerprint density at radius 3 is 2.08 bits per heavy atom. The first-order chi connectivity index (χ1) is 6.13. The average Bonchev–Trinajstić information content (AvgIpc) is 2.13. The molecule has 78 valence electrons. The van der Waals surface area contributed by atoms with Gasteiger partial charge in [-0.05, 0) is 0 Å². The standard InChI is InChI=1S/C7H16N.2C2H5.Ga/c1-5-8(4)6-7(2)3;2*1-2;/h7H,2,5-6H2,1,3-4H3;2*1H2,2H3;. The molecule has 1 atom stereocenters. The zero-order chi connectivity index (χ0) is 10.3. The molecule has 0 aliphatic heterocycles. The number of hydrogen-bond donors (Lipinski definition) is 0. The SMILES string of the molecule is CCN(C)CC(C)[CH2][Ga]([CH2]C)[CH2]C. The molecule has 0 saturated carbocycles. The molecule has 1 unspecified atom stereocenters. The Morgan fingerprint density at radius 2 is 1.69 bits per heavy atom. The van der Waals surface area contributed by atoms with Gasteiger partial charge in [0.25, 0.3) is 0 Å². The molecular formula is C11H26GaN. The molecule has 1 nitrogen and oxygen atoms in total. The molecule has 2 heteroatoms. The minimum atomic E-state index is -0.799. The summed E-state index contributed by atoms with van der Waals surface area (Å²) in [5, 5.41) is 0. The molecule has 0 radical (unpaired) electrons. The Balaban J connectivity index is 3.65. The predicted octanol–water partition coefficient (Wildman–Crippen LogP) is 3.11. The molecule has 0 N–H and O–H groups in total. The molecule has 0 fully saturated rings. The third kappa shape index (κ3) is 6.64. The monoisotopic (exact) mass is 241 g/mol. The van der Waals surface area contributed by atoms with E-state index in [2.05, 4.69) is 39.6 Å². The Labute approximate surface area is 89.9 Å². The summed E-state index contributed by atoms with van der Waals surface area (Å²) in [6.07, 6.45) is 0. The fourth-order valence-electron chi connectivity index (χ4n) is 1.93. The van der Waals surface area contributed by atoms with Gasteiger partial charge >= 0.3 is 89.8 Å². The van der Waals surface area contributed by atoms with E-state index in [0.29, 0.717) is 0 Å². The third-order valence-corrected chi connectivity index (χ3v) is 11.0. The van der Waals surface area contributed by atoms with Crippen LogP contribution in [0.5, 0.6) is 0 Å². The maximum absolute atomic E-state index is 2.44. The summed E-state index contributed by atoms with van der Waals surface area (Å²) in [7, 11) is 2.23. The van der Waals surface area contributed by atoms with Crippen LogP contribution in [0.4, 0.5) is 0 Å². The molecule has 0 heterocycles. The Bertz CT molecular complexity index is 113. The molecule has 0 spiro atoms. The van der Waals surface area contributed by atoms with E-state index in [1.54, 1.807) is 4.98 Å². The first-order valence-corrected chi connectivity index (χ1v) is 11.0. The second kappa shape index (κ2) is 7.95. The van der Waals surface area contributed by atoms with Crippen LogP contribution in [0.1, 0.15) is 27.7 Å². The van der Waals surface area contributed by atoms with Crippen LogP contribution in [0.3, 0.4) is 0 Å². The van der Waals surface area contributed by atoms with Crippen LogP contribution >= 0.6 is 0 Å². The van der Waals surface area contributed by atoms with E-state index < -0.39 is 16.2 Å². The van der Waals surface area contributed by atoms with Crippen molar-refractivity contribution in [1.29, 1.82) is 0 Å². The fourth-order valence-corrected chi connectivity index (χ4v) is 7.24. The molecule has 0 saturated heterocycles. The summed E-state index contributed by atoms with van der Waals surface area (Å²) in [6, 6.07) is 0. The molecule has 0 aliphatic rings. The van der Waals surface area contributed by atoms with Gasteiger partial charge < -0.3 is 0 Å². The number of rotatable bonds is 7. The van der Waals surface area contributed by atoms with E-state index in [9.17, 15) is 0 Å². The zero-order valence-corrected chi connectivity index (χ0v) is 12.6. The molecule has 13 heavy (non-hydrogen) atoms. The molecule has 0 aromatic rings. The van der Waals surface area contributed by atoms with Gasteiger partial charge in [0.05, 0.1) is 0 Å². The Morgan fingerprint density at radius 1 is 1.15 bits per heavy atom. The Kier molecular flexibility index (Phi) is 8.32. The quantitative estimate of drug-likeness (QED) is 0.620. The second-order valence-electron chi connectivity index (χ2n) is 4.38. The van der Waals surface area contributed by atoms with Crippen LogP contribution in [0.2, 0.25) is 14.9 Å². The zero-order valence-electron chi connectivity index (χ0n) is 10.1. The topological polar surface area (TPSA) is 3.24 Å². The van der Waals surface area contributed by atoms with E-state index in [-0.39, 0.29) is 0 Å². The van der Waals surface area contributed by atoms with Crippen LogP contribution in [-0.4, -0.2) is 41.3 Å². The van der Waals surface area contributed by atoms with Crippen LogP contribution in [0, 0.1) is 5.92 Å². The van der Waals surface area contributed by atoms with Crippen molar-refractivity contribution in [1.82, 2.24) is 4.90 Å². The van der Waals surface area contributed by atoms with Crippen molar-refractivity contribution in [2.24, 2.45) is 5.92 Å². The van der Waals surface area contributed by atoms with E-state index in [0.717, 1.165) is 5.92 Å². The molecular weight excluding hydrogens is 216 g/mol. The first-order valence-electron chi connectivity index (χ1n) is 5.82. The fraction of sp³-hybridized carbons (Fsp3) is 1.00. The van der Waals surface area contributed by atoms with E-state index in [1.807, 2.05) is 0 Å². The van der Waals surface area contributed by atoms with Gasteiger partial charge in [-0.1, -0.05) is 0 Å². The van der Waals surface area contributed by atoms with Crippen molar-refractivity contribution in [3.05, 3.63) is 0 Å². The van der Waals surface area contributed by atoms with Crippen molar-refractivity contribution in [2.45, 2.75) is 42.6 Å². The summed E-state index contributed by atoms with van der Waals surface area (Å²) < 4.78 is 0. The van der Waals surface area contributed by atoms with Gasteiger partial charge in [0.15, 0.2) is 0 Å². The summed E-state index contributed by atoms with van der Waals surface area (Å²) in [6.45, 7) is 12.0. The number of nitrogens with zero attached hydrogens (tertiary/aromatic N) is 1. The van der Waals surface area contributed by atoms with Gasteiger partial charge in [0.2, 0.25) is 0 Å². The summed E-state index contributed by atoms with van der Waals surface area (Å²) >= 11 is -0.799. The van der Waals surface area contributed by atoms with Crippen molar-refractivity contribution in [3.63, 3.8) is 0 Å². The molecule has 0 aliphatic carbocycles. The molecule has 0 rings (SSSR count). The maximum atomic E-state index is 2.44. The molecule has 0 amide bonds. The Hall–Kier alpha value is 0.596. The molecule has 0 aromatic heterocycles. The van der Waals surface area contributed by atoms with Crippen molar-refractivity contribution in [2.75, 3.05) is 20.1 Å². The first kappa shape index (κ1) is 13.6. The van der Waals surface area contributed by atoms with Gasteiger partial charge in [-0.2, -0.15) is 0 Å².